The summed E-state index contributed by atoms with van der Waals surface area (Å²) in [5.41, 5.74) is 5.37. The Labute approximate surface area is 269 Å². The fourth-order valence-corrected chi connectivity index (χ4v) is 7.55. The molecule has 4 aromatic rings. The Morgan fingerprint density at radius 2 is 1.80 bits per heavy atom. The number of likely N-dealkylation sites (tertiary alicyclic amines) is 1. The van der Waals surface area contributed by atoms with Gasteiger partial charge in [0.2, 0.25) is 0 Å². The highest BCUT2D eigenvalue weighted by molar-refractivity contribution is 7.22. The number of anilines is 1. The molecule has 13 heteroatoms. The minimum atomic E-state index is -0.420. The quantitative estimate of drug-likeness (QED) is 0.241. The first kappa shape index (κ1) is 30.6. The third-order valence-corrected chi connectivity index (χ3v) is 10.2. The van der Waals surface area contributed by atoms with Gasteiger partial charge in [0.15, 0.2) is 17.4 Å². The molecule has 2 saturated heterocycles. The molecule has 0 atom stereocenters. The van der Waals surface area contributed by atoms with Gasteiger partial charge < -0.3 is 14.2 Å². The van der Waals surface area contributed by atoms with Crippen molar-refractivity contribution in [1.82, 2.24) is 19.9 Å². The Balaban J connectivity index is 0.00000343. The van der Waals surface area contributed by atoms with Gasteiger partial charge in [-0.25, -0.2) is 9.97 Å². The number of aryl methyl sites for hydroxylation is 1. The summed E-state index contributed by atoms with van der Waals surface area (Å²) < 4.78 is 17.7. The number of ether oxygens (including phenoxy) is 3. The first-order valence-electron chi connectivity index (χ1n) is 14.3. The van der Waals surface area contributed by atoms with Crippen LogP contribution in [0.4, 0.5) is 5.82 Å². The summed E-state index contributed by atoms with van der Waals surface area (Å²) in [6.07, 6.45) is 3.12. The number of thiophene rings is 2. The molecule has 2 amide bonds. The highest BCUT2D eigenvalue weighted by Gasteiger charge is 2.39. The number of nitrogens with zero attached hydrogens (tertiary/aromatic N) is 4. The summed E-state index contributed by atoms with van der Waals surface area (Å²) in [5.74, 6) is 0.612. The third kappa shape index (κ3) is 5.85. The van der Waals surface area contributed by atoms with Crippen molar-refractivity contribution in [1.29, 1.82) is 0 Å². The van der Waals surface area contributed by atoms with E-state index in [1.165, 1.54) is 17.4 Å². The lowest BCUT2D eigenvalue weighted by atomic mass is 10.0. The molecule has 0 saturated carbocycles. The zero-order valence-electron chi connectivity index (χ0n) is 24.3. The normalized spacial score (nSPS) is 18.2. The van der Waals surface area contributed by atoms with Gasteiger partial charge in [-0.3, -0.25) is 19.9 Å². The zero-order valence-corrected chi connectivity index (χ0v) is 26.8. The van der Waals surface area contributed by atoms with Crippen molar-refractivity contribution in [3.05, 3.63) is 59.0 Å². The lowest BCUT2D eigenvalue weighted by Gasteiger charge is -2.37. The van der Waals surface area contributed by atoms with Crippen LogP contribution in [-0.2, 0) is 19.1 Å². The van der Waals surface area contributed by atoms with Crippen LogP contribution in [0.3, 0.4) is 0 Å². The molecule has 7 rings (SSSR count). The summed E-state index contributed by atoms with van der Waals surface area (Å²) in [4.78, 5) is 39.9. The van der Waals surface area contributed by atoms with Crippen molar-refractivity contribution >= 4 is 62.9 Å². The molecule has 1 spiro atoms. The maximum absolute atomic E-state index is 12.6. The average Bonchev–Trinajstić information content (AvgIpc) is 3.81. The first-order chi connectivity index (χ1) is 20.9. The molecule has 10 nitrogen and oxygen atoms in total. The van der Waals surface area contributed by atoms with Crippen LogP contribution >= 0.6 is 35.1 Å². The molecule has 1 N–H and O–H groups in total. The monoisotopic (exact) mass is 653 g/mol. The SMILES string of the molecule is CC1=CC(=O)N(Nc2nc(-c3cccs3)nc3sc(-c4ccc(OCCN5CCC6(CC5)OCCO6)cc4)c(C)c23)C1=O.Cl. The van der Waals surface area contributed by atoms with Crippen LogP contribution in [0.25, 0.3) is 31.4 Å². The summed E-state index contributed by atoms with van der Waals surface area (Å²) in [7, 11) is 0. The van der Waals surface area contributed by atoms with Crippen LogP contribution in [0, 0.1) is 6.92 Å². The van der Waals surface area contributed by atoms with Crippen molar-refractivity contribution in [2.75, 3.05) is 44.9 Å². The molecule has 0 bridgehead atoms. The van der Waals surface area contributed by atoms with E-state index >= 15 is 0 Å². The van der Waals surface area contributed by atoms with Gasteiger partial charge in [-0.2, -0.15) is 5.01 Å². The van der Waals surface area contributed by atoms with E-state index in [0.717, 1.165) is 74.3 Å². The Kier molecular flexibility index (Phi) is 8.73. The fraction of sp³-hybridized carbons (Fsp3) is 0.355. The maximum atomic E-state index is 12.6. The molecule has 3 aliphatic heterocycles. The van der Waals surface area contributed by atoms with E-state index < -0.39 is 5.91 Å². The summed E-state index contributed by atoms with van der Waals surface area (Å²) >= 11 is 3.09. The van der Waals surface area contributed by atoms with E-state index in [0.29, 0.717) is 37.0 Å². The number of fused-ring (bicyclic) bond motifs is 1. The number of amides is 2. The topological polar surface area (TPSA) is 106 Å². The van der Waals surface area contributed by atoms with E-state index in [9.17, 15) is 9.59 Å². The number of piperidine rings is 1. The third-order valence-electron chi connectivity index (χ3n) is 8.07. The molecule has 2 fully saturated rings. The Morgan fingerprint density at radius 1 is 1.05 bits per heavy atom. The minimum Gasteiger partial charge on any atom is -0.492 e. The smallest absolute Gasteiger partial charge is 0.275 e. The second-order valence-corrected chi connectivity index (χ2v) is 12.8. The Morgan fingerprint density at radius 3 is 2.45 bits per heavy atom. The van der Waals surface area contributed by atoms with Gasteiger partial charge >= 0.3 is 0 Å². The van der Waals surface area contributed by atoms with Crippen molar-refractivity contribution in [3.63, 3.8) is 0 Å². The standard InChI is InChI=1S/C31H31N5O5S2.ClH/c1-19-18-24(37)36(30(19)38)34-28-25-20(2)26(43-29(25)33-27(32-28)23-4-3-17-42-23)21-5-7-22(8-6-21)39-14-13-35-11-9-31(10-12-35)40-15-16-41-31;/h3-8,17-18H,9-16H2,1-2H3,(H,32,33,34);1H. The second kappa shape index (κ2) is 12.5. The van der Waals surface area contributed by atoms with Gasteiger partial charge in [-0.1, -0.05) is 6.07 Å². The molecule has 0 aliphatic carbocycles. The van der Waals surface area contributed by atoms with Gasteiger partial charge in [0.25, 0.3) is 11.8 Å². The summed E-state index contributed by atoms with van der Waals surface area (Å²) in [5, 5.41) is 3.76. The number of hydrogen-bond donors (Lipinski definition) is 1. The molecule has 6 heterocycles. The number of nitrogens with one attached hydrogen (secondary N) is 1. The van der Waals surface area contributed by atoms with Gasteiger partial charge in [0.1, 0.15) is 17.2 Å². The van der Waals surface area contributed by atoms with Gasteiger partial charge in [-0.05, 0) is 60.7 Å². The maximum Gasteiger partial charge on any atom is 0.275 e. The zero-order chi connectivity index (χ0) is 29.6. The number of hydrazine groups is 1. The molecule has 0 unspecified atom stereocenters. The van der Waals surface area contributed by atoms with E-state index in [2.05, 4.69) is 10.3 Å². The van der Waals surface area contributed by atoms with Crippen LogP contribution < -0.4 is 10.2 Å². The Hall–Kier alpha value is -3.39. The number of imide groups is 1. The number of hydrogen-bond acceptors (Lipinski definition) is 11. The van der Waals surface area contributed by atoms with Crippen LogP contribution in [0.5, 0.6) is 5.75 Å². The predicted octanol–water partition coefficient (Wildman–Crippen LogP) is 5.68. The molecule has 0 radical (unpaired) electrons. The van der Waals surface area contributed by atoms with E-state index in [1.807, 2.05) is 48.7 Å². The molecule has 44 heavy (non-hydrogen) atoms. The van der Waals surface area contributed by atoms with Crippen molar-refractivity contribution in [2.24, 2.45) is 0 Å². The van der Waals surface area contributed by atoms with Crippen molar-refractivity contribution < 1.29 is 23.8 Å². The number of benzene rings is 1. The van der Waals surface area contributed by atoms with Crippen LogP contribution in [0.1, 0.15) is 25.3 Å². The highest BCUT2D eigenvalue weighted by Crippen LogP contribution is 2.42. The van der Waals surface area contributed by atoms with Gasteiger partial charge in [0, 0.05) is 49.0 Å². The molecule has 1 aromatic carbocycles. The van der Waals surface area contributed by atoms with Crippen LogP contribution in [0.2, 0.25) is 0 Å². The van der Waals surface area contributed by atoms with E-state index in [1.54, 1.807) is 18.3 Å². The molecule has 3 aromatic heterocycles. The largest absolute Gasteiger partial charge is 0.492 e. The second-order valence-electron chi connectivity index (χ2n) is 10.8. The molecular weight excluding hydrogens is 622 g/mol. The van der Waals surface area contributed by atoms with Crippen molar-refractivity contribution in [3.8, 4) is 26.9 Å². The number of carbonyl (C=O) groups excluding carboxylic acids is 2. The molecular formula is C31H32ClN5O5S2. The van der Waals surface area contributed by atoms with Gasteiger partial charge in [-0.15, -0.1) is 35.1 Å². The van der Waals surface area contributed by atoms with E-state index in [4.69, 9.17) is 24.2 Å². The lowest BCUT2D eigenvalue weighted by molar-refractivity contribution is -0.185. The number of rotatable bonds is 8. The Bertz CT molecular complexity index is 1710. The van der Waals surface area contributed by atoms with Gasteiger partial charge in [0.05, 0.1) is 23.5 Å². The highest BCUT2D eigenvalue weighted by atomic mass is 35.5. The fourth-order valence-electron chi connectivity index (χ4n) is 5.71. The van der Waals surface area contributed by atoms with E-state index in [-0.39, 0.29) is 24.1 Å². The summed E-state index contributed by atoms with van der Waals surface area (Å²) in [6.45, 7) is 8.37. The minimum absolute atomic E-state index is 0. The summed E-state index contributed by atoms with van der Waals surface area (Å²) in [6, 6.07) is 12.0. The predicted molar refractivity (Wildman–Crippen MR) is 173 cm³/mol. The number of carbonyl (C=O) groups is 2. The number of aromatic nitrogens is 2. The van der Waals surface area contributed by atoms with Crippen LogP contribution in [0.15, 0.2) is 53.4 Å². The molecule has 230 valence electrons. The van der Waals surface area contributed by atoms with Crippen molar-refractivity contribution in [2.45, 2.75) is 32.5 Å². The first-order valence-corrected chi connectivity index (χ1v) is 16.0. The average molecular weight is 654 g/mol. The van der Waals surface area contributed by atoms with Crippen LogP contribution in [-0.4, -0.2) is 76.9 Å². The number of halogens is 1. The lowest BCUT2D eigenvalue weighted by Crippen LogP contribution is -2.46. The molecule has 3 aliphatic rings.